The van der Waals surface area contributed by atoms with Gasteiger partial charge in [0.05, 0.1) is 28.0 Å². The monoisotopic (exact) mass is 445 g/mol. The number of amides is 1. The van der Waals surface area contributed by atoms with E-state index in [9.17, 15) is 9.18 Å². The van der Waals surface area contributed by atoms with Gasteiger partial charge in [-0.3, -0.25) is 4.79 Å². The van der Waals surface area contributed by atoms with Gasteiger partial charge in [0.2, 0.25) is 5.91 Å². The molecule has 0 atom stereocenters. The average molecular weight is 446 g/mol. The van der Waals surface area contributed by atoms with E-state index in [0.717, 1.165) is 37.0 Å². The van der Waals surface area contributed by atoms with Crippen molar-refractivity contribution in [1.82, 2.24) is 9.97 Å². The lowest BCUT2D eigenvalue weighted by atomic mass is 10.1. The van der Waals surface area contributed by atoms with Crippen LogP contribution in [-0.4, -0.2) is 15.9 Å². The molecule has 0 unspecified atom stereocenters. The third-order valence-corrected chi connectivity index (χ3v) is 6.72. The van der Waals surface area contributed by atoms with Crippen molar-refractivity contribution < 1.29 is 9.18 Å². The number of carbonyl (C=O) groups is 1. The number of fused-ring (bicyclic) bond motifs is 1. The fraction of sp³-hybridized carbons (Fsp3) is 0.0417. The van der Waals surface area contributed by atoms with Crippen LogP contribution in [0.25, 0.3) is 31.4 Å². The number of carbonyl (C=O) groups excluding carboxylic acids is 1. The summed E-state index contributed by atoms with van der Waals surface area (Å²) in [5.74, 6) is -0.434. The van der Waals surface area contributed by atoms with E-state index in [1.165, 1.54) is 23.5 Å². The number of benzene rings is 3. The molecule has 152 valence electrons. The minimum Gasteiger partial charge on any atom is -0.325 e. The molecule has 0 aliphatic rings. The minimum absolute atomic E-state index is 0.149. The predicted octanol–water partition coefficient (Wildman–Crippen LogP) is 6.41. The van der Waals surface area contributed by atoms with Gasteiger partial charge in [0.15, 0.2) is 0 Å². The molecule has 0 aliphatic carbocycles. The molecular formula is C24H16FN3OS2. The van der Waals surface area contributed by atoms with Gasteiger partial charge in [0, 0.05) is 16.5 Å². The standard InChI is InChI=1S/C24H16FN3OS2/c25-16-11-9-15(10-12-16)23-26-17(14-30-23)13-22(29)27-19-6-2-1-5-18(19)24-28-20-7-3-4-8-21(20)31-24/h1-12,14H,13H2,(H,27,29). The quantitative estimate of drug-likeness (QED) is 0.340. The summed E-state index contributed by atoms with van der Waals surface area (Å²) in [4.78, 5) is 21.9. The summed E-state index contributed by atoms with van der Waals surface area (Å²) in [7, 11) is 0. The molecule has 0 saturated carbocycles. The van der Waals surface area contributed by atoms with E-state index < -0.39 is 0 Å². The van der Waals surface area contributed by atoms with Crippen LogP contribution in [0.5, 0.6) is 0 Å². The maximum atomic E-state index is 13.1. The molecule has 31 heavy (non-hydrogen) atoms. The van der Waals surface area contributed by atoms with E-state index in [4.69, 9.17) is 4.98 Å². The van der Waals surface area contributed by atoms with Crippen LogP contribution in [-0.2, 0) is 11.2 Å². The van der Waals surface area contributed by atoms with Gasteiger partial charge in [0.1, 0.15) is 15.8 Å². The van der Waals surface area contributed by atoms with E-state index >= 15 is 0 Å². The highest BCUT2D eigenvalue weighted by Crippen LogP contribution is 2.34. The first-order valence-electron chi connectivity index (χ1n) is 9.61. The van der Waals surface area contributed by atoms with Gasteiger partial charge in [-0.2, -0.15) is 0 Å². The Morgan fingerprint density at radius 1 is 0.903 bits per heavy atom. The molecular weight excluding hydrogens is 429 g/mol. The highest BCUT2D eigenvalue weighted by atomic mass is 32.1. The molecule has 2 aromatic heterocycles. The fourth-order valence-corrected chi connectivity index (χ4v) is 5.07. The Morgan fingerprint density at radius 3 is 2.52 bits per heavy atom. The third-order valence-electron chi connectivity index (χ3n) is 4.71. The molecule has 0 bridgehead atoms. The maximum Gasteiger partial charge on any atom is 0.230 e. The molecule has 0 saturated heterocycles. The first-order valence-corrected chi connectivity index (χ1v) is 11.3. The molecule has 0 fully saturated rings. The number of nitrogens with zero attached hydrogens (tertiary/aromatic N) is 2. The number of nitrogens with one attached hydrogen (secondary N) is 1. The smallest absolute Gasteiger partial charge is 0.230 e. The lowest BCUT2D eigenvalue weighted by molar-refractivity contribution is -0.115. The van der Waals surface area contributed by atoms with Crippen molar-refractivity contribution in [2.24, 2.45) is 0 Å². The molecule has 5 aromatic rings. The van der Waals surface area contributed by atoms with E-state index in [1.807, 2.05) is 53.9 Å². The molecule has 2 heterocycles. The topological polar surface area (TPSA) is 54.9 Å². The summed E-state index contributed by atoms with van der Waals surface area (Å²) in [6, 6.07) is 21.8. The van der Waals surface area contributed by atoms with Crippen LogP contribution in [0, 0.1) is 5.82 Å². The third kappa shape index (κ3) is 4.23. The van der Waals surface area contributed by atoms with Gasteiger partial charge >= 0.3 is 0 Å². The van der Waals surface area contributed by atoms with Crippen LogP contribution < -0.4 is 5.32 Å². The highest BCUT2D eigenvalue weighted by molar-refractivity contribution is 7.21. The number of aromatic nitrogens is 2. The SMILES string of the molecule is O=C(Cc1csc(-c2ccc(F)cc2)n1)Nc1ccccc1-c1nc2ccccc2s1. The normalized spacial score (nSPS) is 11.0. The van der Waals surface area contributed by atoms with Crippen molar-refractivity contribution >= 4 is 44.5 Å². The Kier molecular flexibility index (Phi) is 5.28. The number of rotatable bonds is 5. The summed E-state index contributed by atoms with van der Waals surface area (Å²) in [5, 5.41) is 6.49. The predicted molar refractivity (Wildman–Crippen MR) is 125 cm³/mol. The van der Waals surface area contributed by atoms with E-state index in [0.29, 0.717) is 5.69 Å². The Labute approximate surface area is 186 Å². The molecule has 0 radical (unpaired) electrons. The summed E-state index contributed by atoms with van der Waals surface area (Å²) in [5.41, 5.74) is 4.07. The second-order valence-corrected chi connectivity index (χ2v) is 8.80. The van der Waals surface area contributed by atoms with E-state index in [1.54, 1.807) is 23.5 Å². The second-order valence-electron chi connectivity index (χ2n) is 6.91. The summed E-state index contributed by atoms with van der Waals surface area (Å²) in [6.07, 6.45) is 0.159. The molecule has 1 amide bonds. The molecule has 0 aliphatic heterocycles. The number of anilines is 1. The maximum absolute atomic E-state index is 13.1. The minimum atomic E-state index is -0.285. The van der Waals surface area contributed by atoms with Crippen LogP contribution in [0.15, 0.2) is 78.2 Å². The van der Waals surface area contributed by atoms with E-state index in [2.05, 4.69) is 10.3 Å². The number of hydrogen-bond acceptors (Lipinski definition) is 5. The number of halogens is 1. The largest absolute Gasteiger partial charge is 0.325 e. The second kappa shape index (κ2) is 8.37. The average Bonchev–Trinajstić information content (AvgIpc) is 3.41. The number of para-hydroxylation sites is 2. The lowest BCUT2D eigenvalue weighted by Crippen LogP contribution is -2.15. The fourth-order valence-electron chi connectivity index (χ4n) is 3.24. The van der Waals surface area contributed by atoms with Crippen molar-refractivity contribution in [1.29, 1.82) is 0 Å². The van der Waals surface area contributed by atoms with Crippen LogP contribution in [0.2, 0.25) is 0 Å². The van der Waals surface area contributed by atoms with Crippen molar-refractivity contribution in [3.8, 4) is 21.1 Å². The first kappa shape index (κ1) is 19.5. The van der Waals surface area contributed by atoms with Crippen molar-refractivity contribution in [2.45, 2.75) is 6.42 Å². The Morgan fingerprint density at radius 2 is 1.68 bits per heavy atom. The lowest BCUT2D eigenvalue weighted by Gasteiger charge is -2.08. The van der Waals surface area contributed by atoms with Crippen LogP contribution in [0.3, 0.4) is 0 Å². The van der Waals surface area contributed by atoms with Gasteiger partial charge in [-0.15, -0.1) is 22.7 Å². The zero-order valence-corrected chi connectivity index (χ0v) is 17.8. The number of thiazole rings is 2. The summed E-state index contributed by atoms with van der Waals surface area (Å²) < 4.78 is 14.2. The van der Waals surface area contributed by atoms with Gasteiger partial charge in [-0.05, 0) is 48.5 Å². The summed E-state index contributed by atoms with van der Waals surface area (Å²) in [6.45, 7) is 0. The Balaban J connectivity index is 1.34. The van der Waals surface area contributed by atoms with Crippen molar-refractivity contribution in [3.63, 3.8) is 0 Å². The van der Waals surface area contributed by atoms with Gasteiger partial charge in [0.25, 0.3) is 0 Å². The molecule has 5 rings (SSSR count). The van der Waals surface area contributed by atoms with Crippen LogP contribution >= 0.6 is 22.7 Å². The van der Waals surface area contributed by atoms with Crippen molar-refractivity contribution in [3.05, 3.63) is 89.7 Å². The molecule has 1 N–H and O–H groups in total. The van der Waals surface area contributed by atoms with Crippen LogP contribution in [0.1, 0.15) is 5.69 Å². The molecule has 7 heteroatoms. The number of hydrogen-bond donors (Lipinski definition) is 1. The first-order chi connectivity index (χ1) is 15.2. The Hall–Kier alpha value is -3.42. The van der Waals surface area contributed by atoms with Gasteiger partial charge in [-0.25, -0.2) is 14.4 Å². The Bertz CT molecular complexity index is 1340. The zero-order valence-electron chi connectivity index (χ0n) is 16.2. The van der Waals surface area contributed by atoms with Crippen LogP contribution in [0.4, 0.5) is 10.1 Å². The zero-order chi connectivity index (χ0) is 21.2. The molecule has 3 aromatic carbocycles. The summed E-state index contributed by atoms with van der Waals surface area (Å²) >= 11 is 3.04. The van der Waals surface area contributed by atoms with Gasteiger partial charge in [-0.1, -0.05) is 24.3 Å². The van der Waals surface area contributed by atoms with Gasteiger partial charge < -0.3 is 5.32 Å². The van der Waals surface area contributed by atoms with E-state index in [-0.39, 0.29) is 18.1 Å². The molecule has 4 nitrogen and oxygen atoms in total. The van der Waals surface area contributed by atoms with Crippen molar-refractivity contribution in [2.75, 3.05) is 5.32 Å². The highest BCUT2D eigenvalue weighted by Gasteiger charge is 2.14. The molecule has 0 spiro atoms.